The van der Waals surface area contributed by atoms with E-state index in [2.05, 4.69) is 33.2 Å². The Labute approximate surface area is 146 Å². The van der Waals surface area contributed by atoms with Gasteiger partial charge in [0.25, 0.3) is 0 Å². The highest BCUT2D eigenvalue weighted by Crippen LogP contribution is 2.36. The van der Waals surface area contributed by atoms with E-state index >= 15 is 0 Å². The second-order valence-electron chi connectivity index (χ2n) is 6.93. The molecule has 0 aromatic carbocycles. The zero-order chi connectivity index (χ0) is 16.6. The monoisotopic (exact) mass is 345 g/mol. The van der Waals surface area contributed by atoms with Gasteiger partial charge in [0, 0.05) is 43.5 Å². The molecule has 4 heterocycles. The molecule has 2 aliphatic heterocycles. The first-order valence-electron chi connectivity index (χ1n) is 8.46. The summed E-state index contributed by atoms with van der Waals surface area (Å²) in [6, 6.07) is 2.19. The van der Waals surface area contributed by atoms with E-state index in [1.165, 1.54) is 10.4 Å². The van der Waals surface area contributed by atoms with Gasteiger partial charge in [-0.05, 0) is 30.9 Å². The van der Waals surface area contributed by atoms with E-state index in [-0.39, 0.29) is 11.7 Å². The second-order valence-corrected chi connectivity index (χ2v) is 7.94. The van der Waals surface area contributed by atoms with Crippen LogP contribution in [0.1, 0.15) is 29.0 Å². The molecule has 0 amide bonds. The maximum absolute atomic E-state index is 6.12. The van der Waals surface area contributed by atoms with Crippen molar-refractivity contribution in [2.45, 2.75) is 44.9 Å². The van der Waals surface area contributed by atoms with Crippen LogP contribution in [0.25, 0.3) is 0 Å². The van der Waals surface area contributed by atoms with Crippen LogP contribution in [0, 0.1) is 13.8 Å². The lowest BCUT2D eigenvalue weighted by Gasteiger charge is -2.53. The van der Waals surface area contributed by atoms with Crippen molar-refractivity contribution >= 4 is 11.3 Å². The van der Waals surface area contributed by atoms with Gasteiger partial charge in [-0.1, -0.05) is 0 Å². The molecule has 0 aliphatic carbocycles. The summed E-state index contributed by atoms with van der Waals surface area (Å²) in [7, 11) is 0. The van der Waals surface area contributed by atoms with Crippen LogP contribution in [0.3, 0.4) is 0 Å². The SMILES string of the molecule is Cc1cncc(O[C@@H]2CCOC3(C2)CN(Cc2sccc2C)C3)n1. The molecule has 6 heteroatoms. The number of thiophene rings is 1. The summed E-state index contributed by atoms with van der Waals surface area (Å²) in [5.74, 6) is 0.627. The van der Waals surface area contributed by atoms with Crippen molar-refractivity contribution in [3.8, 4) is 5.88 Å². The smallest absolute Gasteiger partial charge is 0.232 e. The van der Waals surface area contributed by atoms with Gasteiger partial charge in [0.15, 0.2) is 0 Å². The molecule has 0 saturated carbocycles. The van der Waals surface area contributed by atoms with Crippen LogP contribution in [0.2, 0.25) is 0 Å². The summed E-state index contributed by atoms with van der Waals surface area (Å²) in [4.78, 5) is 12.5. The van der Waals surface area contributed by atoms with Gasteiger partial charge in [-0.3, -0.25) is 9.88 Å². The van der Waals surface area contributed by atoms with Gasteiger partial charge in [-0.15, -0.1) is 11.3 Å². The molecular formula is C18H23N3O2S. The molecule has 0 bridgehead atoms. The Morgan fingerprint density at radius 2 is 2.25 bits per heavy atom. The minimum absolute atomic E-state index is 0.0364. The van der Waals surface area contributed by atoms with E-state index < -0.39 is 0 Å². The van der Waals surface area contributed by atoms with Crippen LogP contribution in [0.5, 0.6) is 5.88 Å². The second kappa shape index (κ2) is 6.43. The third-order valence-corrected chi connectivity index (χ3v) is 5.83. The highest BCUT2D eigenvalue weighted by atomic mass is 32.1. The Bertz CT molecular complexity index is 712. The van der Waals surface area contributed by atoms with Crippen molar-refractivity contribution in [2.75, 3.05) is 19.7 Å². The molecule has 2 saturated heterocycles. The maximum Gasteiger partial charge on any atom is 0.232 e. The molecule has 4 rings (SSSR count). The van der Waals surface area contributed by atoms with Gasteiger partial charge >= 0.3 is 0 Å². The van der Waals surface area contributed by atoms with E-state index in [0.29, 0.717) is 5.88 Å². The topological polar surface area (TPSA) is 47.5 Å². The molecular weight excluding hydrogens is 322 g/mol. The van der Waals surface area contributed by atoms with E-state index in [0.717, 1.165) is 44.8 Å². The normalized spacial score (nSPS) is 23.2. The average Bonchev–Trinajstić information content (AvgIpc) is 2.91. The van der Waals surface area contributed by atoms with Crippen molar-refractivity contribution in [1.29, 1.82) is 0 Å². The lowest BCUT2D eigenvalue weighted by atomic mass is 9.84. The van der Waals surface area contributed by atoms with Gasteiger partial charge in [-0.25, -0.2) is 4.98 Å². The molecule has 0 radical (unpaired) electrons. The molecule has 2 aromatic rings. The summed E-state index contributed by atoms with van der Waals surface area (Å²) < 4.78 is 12.2. The fourth-order valence-electron chi connectivity index (χ4n) is 3.62. The molecule has 5 nitrogen and oxygen atoms in total. The predicted octanol–water partition coefficient (Wildman–Crippen LogP) is 2.97. The Morgan fingerprint density at radius 1 is 1.38 bits per heavy atom. The van der Waals surface area contributed by atoms with Crippen LogP contribution in [-0.2, 0) is 11.3 Å². The number of hydrogen-bond acceptors (Lipinski definition) is 6. The number of hydrogen-bond donors (Lipinski definition) is 0. The minimum Gasteiger partial charge on any atom is -0.473 e. The van der Waals surface area contributed by atoms with Crippen molar-refractivity contribution in [1.82, 2.24) is 14.9 Å². The molecule has 24 heavy (non-hydrogen) atoms. The van der Waals surface area contributed by atoms with Crippen LogP contribution >= 0.6 is 11.3 Å². The molecule has 1 spiro atoms. The van der Waals surface area contributed by atoms with Crippen LogP contribution in [0.15, 0.2) is 23.8 Å². The highest BCUT2D eigenvalue weighted by molar-refractivity contribution is 7.10. The zero-order valence-electron chi connectivity index (χ0n) is 14.2. The van der Waals surface area contributed by atoms with Crippen molar-refractivity contribution in [2.24, 2.45) is 0 Å². The quantitative estimate of drug-likeness (QED) is 0.853. The van der Waals surface area contributed by atoms with Crippen LogP contribution in [-0.4, -0.2) is 46.3 Å². The third-order valence-electron chi connectivity index (χ3n) is 4.83. The molecule has 128 valence electrons. The number of aryl methyl sites for hydroxylation is 2. The van der Waals surface area contributed by atoms with E-state index in [1.807, 2.05) is 18.3 Å². The highest BCUT2D eigenvalue weighted by Gasteiger charge is 2.48. The molecule has 2 aromatic heterocycles. The first-order valence-corrected chi connectivity index (χ1v) is 9.34. The van der Waals surface area contributed by atoms with Crippen molar-refractivity contribution in [3.05, 3.63) is 40.0 Å². The molecule has 0 N–H and O–H groups in total. The number of aromatic nitrogens is 2. The first kappa shape index (κ1) is 16.0. The predicted molar refractivity (Wildman–Crippen MR) is 93.4 cm³/mol. The van der Waals surface area contributed by atoms with Crippen molar-refractivity contribution < 1.29 is 9.47 Å². The fraction of sp³-hybridized carbons (Fsp3) is 0.556. The van der Waals surface area contributed by atoms with Crippen LogP contribution < -0.4 is 4.74 Å². The summed E-state index contributed by atoms with van der Waals surface area (Å²) in [6.45, 7) is 7.89. The third kappa shape index (κ3) is 3.31. The lowest BCUT2D eigenvalue weighted by molar-refractivity contribution is -0.188. The van der Waals surface area contributed by atoms with E-state index in [1.54, 1.807) is 12.4 Å². The van der Waals surface area contributed by atoms with Gasteiger partial charge in [0.05, 0.1) is 24.1 Å². The van der Waals surface area contributed by atoms with Gasteiger partial charge in [0.2, 0.25) is 5.88 Å². The molecule has 0 unspecified atom stereocenters. The Balaban J connectivity index is 1.33. The molecule has 2 aliphatic rings. The van der Waals surface area contributed by atoms with Gasteiger partial charge < -0.3 is 9.47 Å². The van der Waals surface area contributed by atoms with Crippen molar-refractivity contribution in [3.63, 3.8) is 0 Å². The molecule has 2 fully saturated rings. The molecule has 1 atom stereocenters. The Hall–Kier alpha value is -1.50. The summed E-state index contributed by atoms with van der Waals surface area (Å²) in [5.41, 5.74) is 2.24. The average molecular weight is 345 g/mol. The standard InChI is InChI=1S/C18H23N3O2S/c1-13-4-6-24-16(13)10-21-11-18(12-21)7-15(3-5-22-18)23-17-9-19-8-14(2)20-17/h4,6,8-9,15H,3,5,7,10-12H2,1-2H3/t15-/m1/s1. The Kier molecular flexibility index (Phi) is 4.28. The largest absolute Gasteiger partial charge is 0.473 e. The van der Waals surface area contributed by atoms with E-state index in [4.69, 9.17) is 9.47 Å². The lowest BCUT2D eigenvalue weighted by Crippen LogP contribution is -2.65. The van der Waals surface area contributed by atoms with E-state index in [9.17, 15) is 0 Å². The summed E-state index contributed by atoms with van der Waals surface area (Å²) >= 11 is 1.84. The number of nitrogens with zero attached hydrogens (tertiary/aromatic N) is 3. The zero-order valence-corrected chi connectivity index (χ0v) is 15.0. The van der Waals surface area contributed by atoms with Crippen LogP contribution in [0.4, 0.5) is 0 Å². The van der Waals surface area contributed by atoms with Gasteiger partial charge in [-0.2, -0.15) is 0 Å². The number of rotatable bonds is 4. The number of ether oxygens (including phenoxy) is 2. The summed E-state index contributed by atoms with van der Waals surface area (Å²) in [6.07, 6.45) is 5.46. The fourth-order valence-corrected chi connectivity index (χ4v) is 4.57. The van der Waals surface area contributed by atoms with Gasteiger partial charge in [0.1, 0.15) is 6.10 Å². The maximum atomic E-state index is 6.12. The summed E-state index contributed by atoms with van der Waals surface area (Å²) in [5, 5.41) is 2.17. The minimum atomic E-state index is -0.0364. The number of likely N-dealkylation sites (tertiary alicyclic amines) is 1. The first-order chi connectivity index (χ1) is 11.6. The Morgan fingerprint density at radius 3 is 3.00 bits per heavy atom.